The van der Waals surface area contributed by atoms with Gasteiger partial charge >= 0.3 is 0 Å². The van der Waals surface area contributed by atoms with Crippen LogP contribution in [0.4, 0.5) is 5.69 Å². The first-order chi connectivity index (χ1) is 16.9. The summed E-state index contributed by atoms with van der Waals surface area (Å²) in [6, 6.07) is 13.3. The zero-order chi connectivity index (χ0) is 24.7. The Hall–Kier alpha value is -4.01. The Kier molecular flexibility index (Phi) is 5.84. The predicted octanol–water partition coefficient (Wildman–Crippen LogP) is 4.67. The Balaban J connectivity index is 1.34. The van der Waals surface area contributed by atoms with Gasteiger partial charge in [-0.25, -0.2) is 9.88 Å². The molecule has 9 heteroatoms. The van der Waals surface area contributed by atoms with Crippen molar-refractivity contribution in [3.8, 4) is 17.2 Å². The number of aromatic nitrogens is 1. The van der Waals surface area contributed by atoms with Crippen LogP contribution in [0.1, 0.15) is 43.7 Å². The standard InChI is InChI=1S/C26H27N5O4/c1-5-34-20-12-8-18(9-13-20)24-27-21(16(4)35-24)14-30-23-22(28-29-30)25(32)31(26(23)33)19-10-6-17(7-11-19)15(2)3/h6-13,15,22-23H,5,14H2,1-4H3/t22-,23+/m1/s1. The fraction of sp³-hybridized carbons (Fsp3) is 0.346. The molecular formula is C26H27N5O4. The number of carbonyl (C=O) groups excluding carboxylic acids is 2. The highest BCUT2D eigenvalue weighted by molar-refractivity contribution is 6.25. The van der Waals surface area contributed by atoms with Crippen molar-refractivity contribution in [2.24, 2.45) is 10.3 Å². The fourth-order valence-electron chi connectivity index (χ4n) is 4.33. The molecule has 5 rings (SSSR count). The molecule has 180 valence electrons. The van der Waals surface area contributed by atoms with Crippen molar-refractivity contribution in [2.75, 3.05) is 11.5 Å². The fourth-order valence-corrected chi connectivity index (χ4v) is 4.33. The topological polar surface area (TPSA) is 101 Å². The van der Waals surface area contributed by atoms with Crippen LogP contribution in [0, 0.1) is 6.92 Å². The van der Waals surface area contributed by atoms with Gasteiger partial charge in [-0.1, -0.05) is 31.2 Å². The van der Waals surface area contributed by atoms with Crippen molar-refractivity contribution in [1.29, 1.82) is 0 Å². The highest BCUT2D eigenvalue weighted by Crippen LogP contribution is 2.34. The number of amides is 2. The Morgan fingerprint density at radius 3 is 2.40 bits per heavy atom. The van der Waals surface area contributed by atoms with Gasteiger partial charge in [0, 0.05) is 5.56 Å². The summed E-state index contributed by atoms with van der Waals surface area (Å²) in [7, 11) is 0. The van der Waals surface area contributed by atoms with E-state index in [1.165, 1.54) is 9.91 Å². The van der Waals surface area contributed by atoms with Crippen molar-refractivity contribution in [1.82, 2.24) is 9.99 Å². The SMILES string of the molecule is CCOc1ccc(-c2nc(CN3N=N[C@H]4C(=O)N(c5ccc(C(C)C)cc5)C(=O)[C@H]43)c(C)o2)cc1. The largest absolute Gasteiger partial charge is 0.494 e. The molecule has 0 unspecified atom stereocenters. The van der Waals surface area contributed by atoms with Gasteiger partial charge in [0.2, 0.25) is 5.89 Å². The number of ether oxygens (including phenoxy) is 1. The summed E-state index contributed by atoms with van der Waals surface area (Å²) in [6.07, 6.45) is 0. The Bertz CT molecular complexity index is 1280. The van der Waals surface area contributed by atoms with Gasteiger partial charge in [0.25, 0.3) is 11.8 Å². The quantitative estimate of drug-likeness (QED) is 0.463. The van der Waals surface area contributed by atoms with E-state index in [0.717, 1.165) is 16.9 Å². The number of fused-ring (bicyclic) bond motifs is 1. The Morgan fingerprint density at radius 2 is 1.74 bits per heavy atom. The smallest absolute Gasteiger partial charge is 0.263 e. The third-order valence-corrected chi connectivity index (χ3v) is 6.29. The second kappa shape index (κ2) is 8.98. The van der Waals surface area contributed by atoms with E-state index in [1.54, 1.807) is 12.1 Å². The lowest BCUT2D eigenvalue weighted by Crippen LogP contribution is -2.39. The molecule has 0 spiro atoms. The number of anilines is 1. The number of imide groups is 1. The first-order valence-corrected chi connectivity index (χ1v) is 11.7. The normalized spacial score (nSPS) is 19.2. The van der Waals surface area contributed by atoms with Gasteiger partial charge in [0.15, 0.2) is 12.1 Å². The molecule has 9 nitrogen and oxygen atoms in total. The summed E-state index contributed by atoms with van der Waals surface area (Å²) in [5, 5.41) is 9.77. The number of nitrogens with zero attached hydrogens (tertiary/aromatic N) is 5. The minimum Gasteiger partial charge on any atom is -0.494 e. The molecule has 2 aliphatic heterocycles. The highest BCUT2D eigenvalue weighted by atomic mass is 16.5. The lowest BCUT2D eigenvalue weighted by atomic mass is 10.0. The van der Waals surface area contributed by atoms with Crippen molar-refractivity contribution in [3.63, 3.8) is 0 Å². The van der Waals surface area contributed by atoms with Crippen LogP contribution < -0.4 is 9.64 Å². The molecule has 3 heterocycles. The van der Waals surface area contributed by atoms with Crippen LogP contribution in [-0.2, 0) is 16.1 Å². The lowest BCUT2D eigenvalue weighted by molar-refractivity contribution is -0.123. The molecule has 1 aromatic heterocycles. The molecule has 1 fully saturated rings. The summed E-state index contributed by atoms with van der Waals surface area (Å²) in [5.74, 6) is 1.51. The van der Waals surface area contributed by atoms with Crippen molar-refractivity contribution >= 4 is 17.5 Å². The average molecular weight is 474 g/mol. The second-order valence-corrected chi connectivity index (χ2v) is 8.93. The van der Waals surface area contributed by atoms with Crippen LogP contribution in [0.5, 0.6) is 5.75 Å². The van der Waals surface area contributed by atoms with Crippen LogP contribution in [0.3, 0.4) is 0 Å². The van der Waals surface area contributed by atoms with E-state index in [1.807, 2.05) is 50.2 Å². The van der Waals surface area contributed by atoms with E-state index < -0.39 is 12.1 Å². The van der Waals surface area contributed by atoms with Crippen LogP contribution in [0.2, 0.25) is 0 Å². The summed E-state index contributed by atoms with van der Waals surface area (Å²) in [6.45, 7) is 8.73. The van der Waals surface area contributed by atoms with Gasteiger partial charge in [-0.2, -0.15) is 5.11 Å². The molecule has 0 bridgehead atoms. The molecule has 35 heavy (non-hydrogen) atoms. The van der Waals surface area contributed by atoms with Gasteiger partial charge in [-0.3, -0.25) is 14.6 Å². The van der Waals surface area contributed by atoms with Crippen molar-refractivity contribution in [3.05, 3.63) is 65.5 Å². The molecule has 2 atom stereocenters. The molecule has 1 saturated heterocycles. The van der Waals surface area contributed by atoms with Crippen LogP contribution in [0.15, 0.2) is 63.3 Å². The van der Waals surface area contributed by atoms with Crippen molar-refractivity contribution < 1.29 is 18.7 Å². The van der Waals surface area contributed by atoms with Crippen LogP contribution in [-0.4, -0.2) is 40.5 Å². The minimum atomic E-state index is -0.856. The molecule has 0 N–H and O–H groups in total. The zero-order valence-corrected chi connectivity index (χ0v) is 20.1. The van der Waals surface area contributed by atoms with E-state index in [-0.39, 0.29) is 18.4 Å². The van der Waals surface area contributed by atoms with E-state index in [0.29, 0.717) is 35.6 Å². The van der Waals surface area contributed by atoms with E-state index in [2.05, 4.69) is 29.2 Å². The number of carbonyl (C=O) groups is 2. The van der Waals surface area contributed by atoms with Crippen molar-refractivity contribution in [2.45, 2.75) is 52.2 Å². The molecular weight excluding hydrogens is 446 g/mol. The number of oxazole rings is 1. The van der Waals surface area contributed by atoms with Crippen LogP contribution >= 0.6 is 0 Å². The number of benzene rings is 2. The minimum absolute atomic E-state index is 0.205. The first kappa shape index (κ1) is 22.8. The van der Waals surface area contributed by atoms with Crippen LogP contribution in [0.25, 0.3) is 11.5 Å². The molecule has 2 amide bonds. The van der Waals surface area contributed by atoms with Gasteiger partial charge in [0.1, 0.15) is 17.2 Å². The van der Waals surface area contributed by atoms with E-state index in [4.69, 9.17) is 9.15 Å². The van der Waals surface area contributed by atoms with Gasteiger partial charge in [-0.15, -0.1) is 0 Å². The zero-order valence-electron chi connectivity index (χ0n) is 20.1. The number of hydrogen-bond donors (Lipinski definition) is 0. The number of rotatable bonds is 7. The van der Waals surface area contributed by atoms with Gasteiger partial charge in [0.05, 0.1) is 18.8 Å². The van der Waals surface area contributed by atoms with Gasteiger partial charge in [-0.05, 0) is 61.7 Å². The molecule has 2 aromatic carbocycles. The monoisotopic (exact) mass is 473 g/mol. The first-order valence-electron chi connectivity index (χ1n) is 11.7. The molecule has 2 aliphatic rings. The summed E-state index contributed by atoms with van der Waals surface area (Å²) < 4.78 is 11.4. The number of aryl methyl sites for hydroxylation is 1. The predicted molar refractivity (Wildman–Crippen MR) is 129 cm³/mol. The maximum Gasteiger partial charge on any atom is 0.263 e. The summed E-state index contributed by atoms with van der Waals surface area (Å²) in [4.78, 5) is 32.2. The third-order valence-electron chi connectivity index (χ3n) is 6.29. The second-order valence-electron chi connectivity index (χ2n) is 8.93. The highest BCUT2D eigenvalue weighted by Gasteiger charge is 2.54. The average Bonchev–Trinajstić information content (AvgIpc) is 3.50. The number of hydrogen-bond acceptors (Lipinski definition) is 8. The lowest BCUT2D eigenvalue weighted by Gasteiger charge is -2.20. The Morgan fingerprint density at radius 1 is 1.03 bits per heavy atom. The molecule has 3 aromatic rings. The van der Waals surface area contributed by atoms with Gasteiger partial charge < -0.3 is 9.15 Å². The summed E-state index contributed by atoms with van der Waals surface area (Å²) in [5.41, 5.74) is 3.13. The Labute approximate surface area is 203 Å². The molecule has 0 saturated carbocycles. The van der Waals surface area contributed by atoms with E-state index >= 15 is 0 Å². The third kappa shape index (κ3) is 4.07. The molecule has 0 radical (unpaired) electrons. The summed E-state index contributed by atoms with van der Waals surface area (Å²) >= 11 is 0. The molecule has 0 aliphatic carbocycles. The maximum absolute atomic E-state index is 13.3. The maximum atomic E-state index is 13.3. The van der Waals surface area contributed by atoms with E-state index in [9.17, 15) is 9.59 Å².